The number of ether oxygens (including phenoxy) is 2. The number of aromatic nitrogens is 3. The van der Waals surface area contributed by atoms with Gasteiger partial charge in [0.1, 0.15) is 5.75 Å². The van der Waals surface area contributed by atoms with Gasteiger partial charge < -0.3 is 23.7 Å². The van der Waals surface area contributed by atoms with Gasteiger partial charge in [0.15, 0.2) is 22.8 Å². The number of anilines is 1. The molecule has 178 valence electrons. The molecule has 3 aromatic rings. The second kappa shape index (κ2) is 9.90. The number of hydrogen-bond donors (Lipinski definition) is 0. The van der Waals surface area contributed by atoms with Crippen LogP contribution in [0.1, 0.15) is 6.92 Å². The van der Waals surface area contributed by atoms with Gasteiger partial charge in [-0.25, -0.2) is 0 Å². The van der Waals surface area contributed by atoms with Crippen molar-refractivity contribution in [1.82, 2.24) is 19.7 Å². The van der Waals surface area contributed by atoms with Gasteiger partial charge in [-0.05, 0) is 31.2 Å². The van der Waals surface area contributed by atoms with Gasteiger partial charge in [-0.15, -0.1) is 10.2 Å². The first-order valence-electron chi connectivity index (χ1n) is 11.2. The summed E-state index contributed by atoms with van der Waals surface area (Å²) in [5, 5.41) is 9.12. The van der Waals surface area contributed by atoms with Gasteiger partial charge in [0.05, 0.1) is 37.5 Å². The lowest BCUT2D eigenvalue weighted by atomic mass is 10.1. The van der Waals surface area contributed by atoms with Crippen molar-refractivity contribution in [2.24, 2.45) is 0 Å². The standard InChI is InChI=1S/C23H25N5O5S/c1-2-27-21(18-8-5-11-32-18)24-25-23(27)34-15-20(29)28-14-19(22(30)26-9-12-31-13-10-26)33-17-7-4-3-6-16(17)28/h3-8,11,19H,2,9-10,12-15H2,1H3/t19-/m0/s1. The van der Waals surface area contributed by atoms with Gasteiger partial charge in [-0.2, -0.15) is 0 Å². The van der Waals surface area contributed by atoms with E-state index in [0.29, 0.717) is 61.0 Å². The smallest absolute Gasteiger partial charge is 0.265 e. The molecule has 0 spiro atoms. The van der Waals surface area contributed by atoms with E-state index in [-0.39, 0.29) is 24.1 Å². The van der Waals surface area contributed by atoms with Gasteiger partial charge in [0, 0.05) is 19.6 Å². The average Bonchev–Trinajstić information content (AvgIpc) is 3.56. The first-order valence-corrected chi connectivity index (χ1v) is 12.2. The number of carbonyl (C=O) groups excluding carboxylic acids is 2. The number of nitrogens with zero attached hydrogens (tertiary/aromatic N) is 5. The average molecular weight is 484 g/mol. The van der Waals surface area contributed by atoms with E-state index >= 15 is 0 Å². The van der Waals surface area contributed by atoms with Crippen molar-refractivity contribution in [1.29, 1.82) is 0 Å². The van der Waals surface area contributed by atoms with Crippen LogP contribution < -0.4 is 9.64 Å². The summed E-state index contributed by atoms with van der Waals surface area (Å²) >= 11 is 1.31. The molecule has 1 saturated heterocycles. The fraction of sp³-hybridized carbons (Fsp3) is 0.391. The SMILES string of the molecule is CCn1c(SCC(=O)N2C[C@@H](C(=O)N3CCOCC3)Oc3ccccc32)nnc1-c1ccco1. The highest BCUT2D eigenvalue weighted by atomic mass is 32.2. The number of carbonyl (C=O) groups is 2. The molecule has 34 heavy (non-hydrogen) atoms. The molecule has 0 aliphatic carbocycles. The zero-order valence-corrected chi connectivity index (χ0v) is 19.6. The Bertz CT molecular complexity index is 1160. The van der Waals surface area contributed by atoms with Crippen LogP contribution in [0.2, 0.25) is 0 Å². The molecule has 2 aliphatic rings. The summed E-state index contributed by atoms with van der Waals surface area (Å²) in [5.41, 5.74) is 0.660. The molecule has 1 fully saturated rings. The van der Waals surface area contributed by atoms with Crippen LogP contribution in [0.5, 0.6) is 5.75 Å². The second-order valence-corrected chi connectivity index (χ2v) is 8.78. The Kier molecular flexibility index (Phi) is 6.54. The van der Waals surface area contributed by atoms with Crippen molar-refractivity contribution < 1.29 is 23.5 Å². The Morgan fingerprint density at radius 2 is 1.94 bits per heavy atom. The molecule has 2 aliphatic heterocycles. The first-order chi connectivity index (χ1) is 16.7. The molecule has 10 nitrogen and oxygen atoms in total. The van der Waals surface area contributed by atoms with Crippen molar-refractivity contribution in [3.8, 4) is 17.3 Å². The third kappa shape index (κ3) is 4.40. The lowest BCUT2D eigenvalue weighted by Crippen LogP contribution is -2.54. The summed E-state index contributed by atoms with van der Waals surface area (Å²) in [6.45, 7) is 4.84. The molecule has 11 heteroatoms. The number of morpholine rings is 1. The van der Waals surface area contributed by atoms with E-state index in [1.165, 1.54) is 11.8 Å². The van der Waals surface area contributed by atoms with E-state index in [1.54, 1.807) is 28.2 Å². The summed E-state index contributed by atoms with van der Waals surface area (Å²) in [5.74, 6) is 1.65. The highest BCUT2D eigenvalue weighted by Gasteiger charge is 2.36. The highest BCUT2D eigenvalue weighted by Crippen LogP contribution is 2.34. The zero-order valence-electron chi connectivity index (χ0n) is 18.8. The lowest BCUT2D eigenvalue weighted by molar-refractivity contribution is -0.142. The van der Waals surface area contributed by atoms with E-state index < -0.39 is 6.10 Å². The zero-order chi connectivity index (χ0) is 23.5. The fourth-order valence-electron chi connectivity index (χ4n) is 4.06. The molecule has 5 rings (SSSR count). The molecular formula is C23H25N5O5S. The maximum Gasteiger partial charge on any atom is 0.265 e. The summed E-state index contributed by atoms with van der Waals surface area (Å²) in [4.78, 5) is 29.8. The van der Waals surface area contributed by atoms with Crippen LogP contribution in [0.4, 0.5) is 5.69 Å². The predicted octanol–water partition coefficient (Wildman–Crippen LogP) is 2.30. The fourth-order valence-corrected chi connectivity index (χ4v) is 4.94. The minimum absolute atomic E-state index is 0.128. The van der Waals surface area contributed by atoms with Crippen LogP contribution >= 0.6 is 11.8 Å². The Hall–Kier alpha value is -3.31. The molecule has 0 radical (unpaired) electrons. The molecule has 2 aromatic heterocycles. The lowest BCUT2D eigenvalue weighted by Gasteiger charge is -2.37. The van der Waals surface area contributed by atoms with Crippen LogP contribution in [0.25, 0.3) is 11.6 Å². The first kappa shape index (κ1) is 22.5. The van der Waals surface area contributed by atoms with Crippen molar-refractivity contribution >= 4 is 29.3 Å². The largest absolute Gasteiger partial charge is 0.476 e. The number of para-hydroxylation sites is 2. The third-order valence-electron chi connectivity index (χ3n) is 5.77. The molecule has 1 aromatic carbocycles. The van der Waals surface area contributed by atoms with Crippen molar-refractivity contribution in [2.45, 2.75) is 24.7 Å². The normalized spacial score (nSPS) is 17.9. The van der Waals surface area contributed by atoms with Crippen LogP contribution in [0.3, 0.4) is 0 Å². The van der Waals surface area contributed by atoms with E-state index in [2.05, 4.69) is 10.2 Å². The number of thioether (sulfide) groups is 1. The van der Waals surface area contributed by atoms with E-state index in [1.807, 2.05) is 35.8 Å². The summed E-state index contributed by atoms with van der Waals surface area (Å²) < 4.78 is 18.7. The van der Waals surface area contributed by atoms with E-state index in [4.69, 9.17) is 13.9 Å². The minimum atomic E-state index is -0.758. The molecule has 0 bridgehead atoms. The number of hydrogen-bond acceptors (Lipinski definition) is 8. The third-order valence-corrected chi connectivity index (χ3v) is 6.72. The Morgan fingerprint density at radius 3 is 2.71 bits per heavy atom. The Labute approximate surface area is 200 Å². The molecule has 1 atom stereocenters. The molecule has 4 heterocycles. The van der Waals surface area contributed by atoms with Crippen LogP contribution in [-0.2, 0) is 20.9 Å². The number of amides is 2. The van der Waals surface area contributed by atoms with E-state index in [9.17, 15) is 9.59 Å². The summed E-state index contributed by atoms with van der Waals surface area (Å²) in [6.07, 6.45) is 0.831. The second-order valence-electron chi connectivity index (χ2n) is 7.83. The number of fused-ring (bicyclic) bond motifs is 1. The van der Waals surface area contributed by atoms with Gasteiger partial charge >= 0.3 is 0 Å². The Balaban J connectivity index is 1.32. The van der Waals surface area contributed by atoms with Gasteiger partial charge in [0.2, 0.25) is 5.91 Å². The van der Waals surface area contributed by atoms with E-state index in [0.717, 1.165) is 0 Å². The van der Waals surface area contributed by atoms with Gasteiger partial charge in [-0.1, -0.05) is 23.9 Å². The van der Waals surface area contributed by atoms with Gasteiger partial charge in [-0.3, -0.25) is 14.2 Å². The van der Waals surface area contributed by atoms with Crippen molar-refractivity contribution in [3.05, 3.63) is 42.7 Å². The Morgan fingerprint density at radius 1 is 1.12 bits per heavy atom. The van der Waals surface area contributed by atoms with Crippen LogP contribution in [0, 0.1) is 0 Å². The number of benzene rings is 1. The molecular weight excluding hydrogens is 458 g/mol. The molecule has 0 unspecified atom stereocenters. The molecule has 2 amide bonds. The number of rotatable bonds is 6. The minimum Gasteiger partial charge on any atom is -0.476 e. The maximum absolute atomic E-state index is 13.3. The highest BCUT2D eigenvalue weighted by molar-refractivity contribution is 7.99. The topological polar surface area (TPSA) is 103 Å². The quantitative estimate of drug-likeness (QED) is 0.492. The van der Waals surface area contributed by atoms with Gasteiger partial charge in [0.25, 0.3) is 5.91 Å². The number of furan rings is 1. The van der Waals surface area contributed by atoms with Crippen molar-refractivity contribution in [3.63, 3.8) is 0 Å². The maximum atomic E-state index is 13.3. The van der Waals surface area contributed by atoms with Crippen LogP contribution in [0.15, 0.2) is 52.2 Å². The summed E-state index contributed by atoms with van der Waals surface area (Å²) in [7, 11) is 0. The molecule has 0 N–H and O–H groups in total. The summed E-state index contributed by atoms with van der Waals surface area (Å²) in [6, 6.07) is 10.9. The van der Waals surface area contributed by atoms with Crippen LogP contribution in [-0.4, -0.2) is 76.2 Å². The van der Waals surface area contributed by atoms with Crippen molar-refractivity contribution in [2.75, 3.05) is 43.5 Å². The predicted molar refractivity (Wildman–Crippen MR) is 125 cm³/mol. The molecule has 0 saturated carbocycles. The monoisotopic (exact) mass is 483 g/mol.